The number of piperidine rings is 1. The third-order valence-electron chi connectivity index (χ3n) is 4.87. The van der Waals surface area contributed by atoms with E-state index in [0.717, 1.165) is 35.3 Å². The van der Waals surface area contributed by atoms with Crippen molar-refractivity contribution in [1.29, 1.82) is 5.26 Å². The molecule has 0 bridgehead atoms. The summed E-state index contributed by atoms with van der Waals surface area (Å²) in [6.45, 7) is 3.63. The van der Waals surface area contributed by atoms with Crippen molar-refractivity contribution in [3.63, 3.8) is 0 Å². The number of carboxylic acid groups (broad SMARTS) is 1. The Hall–Kier alpha value is -2.00. The number of thioether (sulfide) groups is 1. The number of carboxylic acids is 1. The zero-order valence-corrected chi connectivity index (χ0v) is 16.7. The van der Waals surface area contributed by atoms with Crippen LogP contribution in [0.2, 0.25) is 0 Å². The molecule has 0 aliphatic carbocycles. The van der Waals surface area contributed by atoms with Crippen LogP contribution in [-0.4, -0.2) is 48.9 Å². The van der Waals surface area contributed by atoms with E-state index in [9.17, 15) is 15.2 Å². The molecule has 1 aromatic heterocycles. The Morgan fingerprint density at radius 2 is 2.35 bits per heavy atom. The third kappa shape index (κ3) is 3.09. The van der Waals surface area contributed by atoms with Gasteiger partial charge < -0.3 is 0 Å². The molecule has 2 atom stereocenters. The number of anilines is 1. The zero-order valence-electron chi connectivity index (χ0n) is 14.2. The summed E-state index contributed by atoms with van der Waals surface area (Å²) in [5.41, 5.74) is 3.03. The Bertz CT molecular complexity index is 947. The summed E-state index contributed by atoms with van der Waals surface area (Å²) in [6, 6.07) is 8.14. The standard InChI is InChI=1S/C19H17N3O2SSe/c1-11-17(19(23)24)26-18(21-11)12-2-3-15(14(8-12)9-20)22-6-4-16-13(10-22)5-7-25-16/h2-3,5,7-8,13,16H,4,6,10H2,1H3,(H,23,24). The van der Waals surface area contributed by atoms with E-state index >= 15 is 0 Å². The predicted molar refractivity (Wildman–Crippen MR) is 104 cm³/mol. The summed E-state index contributed by atoms with van der Waals surface area (Å²) in [5.74, 6) is -0.351. The summed E-state index contributed by atoms with van der Waals surface area (Å²) in [5, 5.41) is 21.8. The molecular weight excluding hydrogens is 413 g/mol. The van der Waals surface area contributed by atoms with Crippen LogP contribution in [0.15, 0.2) is 29.7 Å². The number of aromatic nitrogens is 1. The maximum atomic E-state index is 11.3. The van der Waals surface area contributed by atoms with E-state index in [1.165, 1.54) is 0 Å². The first kappa shape index (κ1) is 17.4. The molecule has 0 saturated carbocycles. The van der Waals surface area contributed by atoms with Gasteiger partial charge in [0.05, 0.1) is 0 Å². The van der Waals surface area contributed by atoms with Gasteiger partial charge >= 0.3 is 162 Å². The minimum absolute atomic E-state index is 0.325. The van der Waals surface area contributed by atoms with Crippen LogP contribution in [0.3, 0.4) is 0 Å². The van der Waals surface area contributed by atoms with Crippen LogP contribution in [0.4, 0.5) is 5.69 Å². The van der Waals surface area contributed by atoms with E-state index in [1.54, 1.807) is 6.92 Å². The van der Waals surface area contributed by atoms with Gasteiger partial charge in [-0.2, -0.15) is 0 Å². The van der Waals surface area contributed by atoms with Crippen LogP contribution in [0.1, 0.15) is 26.9 Å². The number of nitrogens with zero attached hydrogens (tertiary/aromatic N) is 3. The van der Waals surface area contributed by atoms with Crippen molar-refractivity contribution in [2.75, 3.05) is 18.0 Å². The number of hydrogen-bond donors (Lipinski definition) is 1. The monoisotopic (exact) mass is 431 g/mol. The molecule has 26 heavy (non-hydrogen) atoms. The first-order valence-corrected chi connectivity index (χ1v) is 11.0. The Labute approximate surface area is 162 Å². The molecule has 2 aliphatic rings. The molecule has 4 rings (SSSR count). The van der Waals surface area contributed by atoms with E-state index < -0.39 is 5.97 Å². The van der Waals surface area contributed by atoms with Gasteiger partial charge in [-0.1, -0.05) is 0 Å². The number of aryl methyl sites for hydroxylation is 1. The second-order valence-electron chi connectivity index (χ2n) is 6.48. The summed E-state index contributed by atoms with van der Waals surface area (Å²) in [4.78, 5) is 18.0. The van der Waals surface area contributed by atoms with Gasteiger partial charge in [0.25, 0.3) is 0 Å². The van der Waals surface area contributed by atoms with Crippen molar-refractivity contribution in [2.24, 2.45) is 5.92 Å². The van der Waals surface area contributed by atoms with Crippen molar-refractivity contribution in [3.8, 4) is 16.2 Å². The van der Waals surface area contributed by atoms with E-state index in [1.807, 2.05) is 30.0 Å². The van der Waals surface area contributed by atoms with Crippen molar-refractivity contribution in [2.45, 2.75) is 18.6 Å². The van der Waals surface area contributed by atoms with E-state index in [4.69, 9.17) is 0 Å². The summed E-state index contributed by atoms with van der Waals surface area (Å²) in [7, 11) is 0. The van der Waals surface area contributed by atoms with Crippen molar-refractivity contribution < 1.29 is 9.90 Å². The van der Waals surface area contributed by atoms with Gasteiger partial charge in [-0.15, -0.1) is 0 Å². The van der Waals surface area contributed by atoms with Gasteiger partial charge in [0.2, 0.25) is 0 Å². The van der Waals surface area contributed by atoms with Gasteiger partial charge in [0, 0.05) is 0 Å². The van der Waals surface area contributed by atoms with E-state index in [2.05, 4.69) is 27.4 Å². The molecule has 2 unspecified atom stereocenters. The number of carbonyl (C=O) groups is 1. The molecule has 2 aromatic rings. The van der Waals surface area contributed by atoms with Crippen molar-refractivity contribution in [1.82, 2.24) is 4.98 Å². The number of benzene rings is 1. The number of fused-ring (bicyclic) bond motifs is 1. The number of hydrogen-bond acceptors (Lipinski definition) is 5. The van der Waals surface area contributed by atoms with Gasteiger partial charge in [-0.3, -0.25) is 0 Å². The predicted octanol–water partition coefficient (Wildman–Crippen LogP) is 3.14. The first-order valence-electron chi connectivity index (χ1n) is 8.39. The summed E-state index contributed by atoms with van der Waals surface area (Å²) in [6.07, 6.45) is 3.40. The number of aromatic carboxylic acids is 1. The minimum atomic E-state index is -0.899. The van der Waals surface area contributed by atoms with E-state index in [-0.39, 0.29) is 14.5 Å². The SMILES string of the molecule is Cc1nc(-c2ccc(N3CCC4SC=CC4C3)c(C#N)c2)[se]c1C(=O)O. The molecule has 1 aromatic carbocycles. The molecule has 132 valence electrons. The number of nitriles is 1. The molecule has 0 amide bonds. The molecule has 2 aliphatic heterocycles. The van der Waals surface area contributed by atoms with Crippen LogP contribution >= 0.6 is 11.8 Å². The fraction of sp³-hybridized carbons (Fsp3) is 0.316. The van der Waals surface area contributed by atoms with E-state index in [0.29, 0.717) is 26.9 Å². The summed E-state index contributed by atoms with van der Waals surface area (Å²) >= 11 is 1.59. The maximum absolute atomic E-state index is 11.3. The normalized spacial score (nSPS) is 21.5. The Balaban J connectivity index is 1.65. The molecule has 0 spiro atoms. The van der Waals surface area contributed by atoms with Crippen LogP contribution in [0.25, 0.3) is 10.1 Å². The second-order valence-corrected chi connectivity index (χ2v) is 9.73. The molecule has 5 nitrogen and oxygen atoms in total. The van der Waals surface area contributed by atoms with Gasteiger partial charge in [-0.05, 0) is 0 Å². The zero-order chi connectivity index (χ0) is 18.3. The average Bonchev–Trinajstić information content (AvgIpc) is 3.26. The Kier molecular flexibility index (Phi) is 4.66. The van der Waals surface area contributed by atoms with Gasteiger partial charge in [-0.25, -0.2) is 0 Å². The van der Waals surface area contributed by atoms with Crippen LogP contribution in [0, 0.1) is 24.2 Å². The fourth-order valence-electron chi connectivity index (χ4n) is 3.53. The molecular formula is C19H17N3O2SSe. The first-order chi connectivity index (χ1) is 12.6. The molecule has 1 fully saturated rings. The molecule has 1 N–H and O–H groups in total. The molecule has 1 saturated heterocycles. The van der Waals surface area contributed by atoms with Crippen molar-refractivity contribution >= 4 is 37.9 Å². The Morgan fingerprint density at radius 1 is 1.50 bits per heavy atom. The Morgan fingerprint density at radius 3 is 3.08 bits per heavy atom. The van der Waals surface area contributed by atoms with Crippen molar-refractivity contribution in [3.05, 3.63) is 45.4 Å². The van der Waals surface area contributed by atoms with Gasteiger partial charge in [0.1, 0.15) is 0 Å². The fourth-order valence-corrected chi connectivity index (χ4v) is 6.54. The quantitative estimate of drug-likeness (QED) is 0.754. The molecule has 0 radical (unpaired) electrons. The third-order valence-corrected chi connectivity index (χ3v) is 8.62. The van der Waals surface area contributed by atoms with Crippen LogP contribution in [-0.2, 0) is 0 Å². The van der Waals surface area contributed by atoms with Crippen LogP contribution in [0.5, 0.6) is 0 Å². The van der Waals surface area contributed by atoms with Gasteiger partial charge in [0.15, 0.2) is 0 Å². The second kappa shape index (κ2) is 6.96. The number of rotatable bonds is 3. The topological polar surface area (TPSA) is 77.2 Å². The van der Waals surface area contributed by atoms with Crippen LogP contribution < -0.4 is 4.90 Å². The molecule has 7 heteroatoms. The summed E-state index contributed by atoms with van der Waals surface area (Å²) < 4.78 is 1.17. The average molecular weight is 430 g/mol. The molecule has 3 heterocycles.